The van der Waals surface area contributed by atoms with Crippen molar-refractivity contribution in [2.45, 2.75) is 25.7 Å². The number of para-hydroxylation sites is 1. The summed E-state index contributed by atoms with van der Waals surface area (Å²) in [5.41, 5.74) is 2.00. The van der Waals surface area contributed by atoms with Gasteiger partial charge in [-0.1, -0.05) is 24.6 Å². The quantitative estimate of drug-likeness (QED) is 0.818. The maximum Gasteiger partial charge on any atom is 0.304 e. The number of benzene rings is 1. The van der Waals surface area contributed by atoms with Crippen molar-refractivity contribution in [1.82, 2.24) is 4.31 Å². The van der Waals surface area contributed by atoms with Crippen LogP contribution in [0.3, 0.4) is 0 Å². The molecule has 2 aliphatic rings. The van der Waals surface area contributed by atoms with E-state index in [-0.39, 0.29) is 0 Å². The van der Waals surface area contributed by atoms with Gasteiger partial charge in [0.05, 0.1) is 5.69 Å². The van der Waals surface area contributed by atoms with Gasteiger partial charge in [-0.25, -0.2) is 0 Å². The van der Waals surface area contributed by atoms with E-state index in [0.717, 1.165) is 36.9 Å². The number of hydrogen-bond acceptors (Lipinski definition) is 2. The number of rotatable bonds is 2. The van der Waals surface area contributed by atoms with Gasteiger partial charge in [-0.2, -0.15) is 12.7 Å². The third-order valence-corrected chi connectivity index (χ3v) is 5.72. The summed E-state index contributed by atoms with van der Waals surface area (Å²) in [4.78, 5) is 0. The molecule has 0 aliphatic carbocycles. The highest BCUT2D eigenvalue weighted by molar-refractivity contribution is 7.90. The van der Waals surface area contributed by atoms with Crippen LogP contribution in [0, 0.1) is 0 Å². The lowest BCUT2D eigenvalue weighted by atomic mass is 10.2. The second-order valence-electron chi connectivity index (χ2n) is 4.92. The van der Waals surface area contributed by atoms with Crippen LogP contribution in [0.15, 0.2) is 24.3 Å². The zero-order chi connectivity index (χ0) is 12.6. The minimum absolute atomic E-state index is 0.582. The third-order valence-electron chi connectivity index (χ3n) is 3.76. The lowest BCUT2D eigenvalue weighted by Crippen LogP contribution is -2.45. The maximum absolute atomic E-state index is 12.6. The Hall–Kier alpha value is -1.07. The second-order valence-corrected chi connectivity index (χ2v) is 6.77. The van der Waals surface area contributed by atoms with E-state index in [4.69, 9.17) is 0 Å². The summed E-state index contributed by atoms with van der Waals surface area (Å²) in [6, 6.07) is 7.80. The first-order valence-corrected chi connectivity index (χ1v) is 7.95. The van der Waals surface area contributed by atoms with Crippen LogP contribution in [-0.2, 0) is 16.6 Å². The largest absolute Gasteiger partial charge is 0.304 e. The summed E-state index contributed by atoms with van der Waals surface area (Å²) in [6.07, 6.45) is 3.93. The van der Waals surface area contributed by atoms with Gasteiger partial charge < -0.3 is 0 Å². The van der Waals surface area contributed by atoms with E-state index in [0.29, 0.717) is 19.6 Å². The molecule has 2 aliphatic heterocycles. The number of anilines is 1. The minimum atomic E-state index is -3.31. The van der Waals surface area contributed by atoms with Gasteiger partial charge in [0.25, 0.3) is 0 Å². The van der Waals surface area contributed by atoms with Crippen molar-refractivity contribution < 1.29 is 8.42 Å². The fourth-order valence-corrected chi connectivity index (χ4v) is 4.53. The van der Waals surface area contributed by atoms with E-state index >= 15 is 0 Å². The van der Waals surface area contributed by atoms with Crippen LogP contribution in [-0.4, -0.2) is 32.4 Å². The lowest BCUT2D eigenvalue weighted by Gasteiger charge is -2.31. The number of hydrogen-bond donors (Lipinski definition) is 0. The molecule has 3 rings (SSSR count). The van der Waals surface area contributed by atoms with Crippen molar-refractivity contribution in [2.24, 2.45) is 0 Å². The number of piperidine rings is 1. The van der Waals surface area contributed by atoms with Crippen molar-refractivity contribution >= 4 is 15.9 Å². The Balaban J connectivity index is 1.91. The van der Waals surface area contributed by atoms with E-state index in [2.05, 4.69) is 0 Å². The van der Waals surface area contributed by atoms with Gasteiger partial charge in [0.1, 0.15) is 0 Å². The van der Waals surface area contributed by atoms with Gasteiger partial charge in [0.15, 0.2) is 0 Å². The van der Waals surface area contributed by atoms with Gasteiger partial charge in [0, 0.05) is 19.6 Å². The highest BCUT2D eigenvalue weighted by atomic mass is 32.2. The van der Waals surface area contributed by atoms with Crippen LogP contribution in [0.4, 0.5) is 5.69 Å². The monoisotopic (exact) mass is 266 g/mol. The fourth-order valence-electron chi connectivity index (χ4n) is 2.78. The van der Waals surface area contributed by atoms with Gasteiger partial charge in [-0.3, -0.25) is 4.31 Å². The molecule has 0 N–H and O–H groups in total. The molecule has 1 aromatic carbocycles. The molecule has 0 radical (unpaired) electrons. The Morgan fingerprint density at radius 3 is 2.44 bits per heavy atom. The molecular weight excluding hydrogens is 248 g/mol. The average Bonchev–Trinajstić information content (AvgIpc) is 2.84. The van der Waals surface area contributed by atoms with Crippen LogP contribution in [0.25, 0.3) is 0 Å². The molecule has 0 bridgehead atoms. The van der Waals surface area contributed by atoms with Crippen molar-refractivity contribution in [3.05, 3.63) is 29.8 Å². The first-order chi connectivity index (χ1) is 8.69. The van der Waals surface area contributed by atoms with Crippen molar-refractivity contribution in [2.75, 3.05) is 23.9 Å². The molecule has 98 valence electrons. The molecule has 5 heteroatoms. The Morgan fingerprint density at radius 2 is 1.67 bits per heavy atom. The second kappa shape index (κ2) is 4.55. The Bertz CT molecular complexity index is 536. The number of fused-ring (bicyclic) bond motifs is 1. The summed E-state index contributed by atoms with van der Waals surface area (Å²) < 4.78 is 28.4. The zero-order valence-corrected chi connectivity index (χ0v) is 11.2. The van der Waals surface area contributed by atoms with Gasteiger partial charge in [-0.05, 0) is 30.9 Å². The van der Waals surface area contributed by atoms with E-state index in [1.54, 1.807) is 8.61 Å². The molecule has 0 spiro atoms. The molecule has 0 saturated carbocycles. The van der Waals surface area contributed by atoms with Crippen molar-refractivity contribution in [3.63, 3.8) is 0 Å². The van der Waals surface area contributed by atoms with E-state index < -0.39 is 10.2 Å². The van der Waals surface area contributed by atoms with Gasteiger partial charge in [-0.15, -0.1) is 0 Å². The molecule has 0 unspecified atom stereocenters. The molecule has 1 fully saturated rings. The van der Waals surface area contributed by atoms with Crippen molar-refractivity contribution in [3.8, 4) is 0 Å². The lowest BCUT2D eigenvalue weighted by molar-refractivity contribution is 0.345. The Kier molecular flexibility index (Phi) is 3.03. The molecule has 18 heavy (non-hydrogen) atoms. The molecule has 2 heterocycles. The molecule has 4 nitrogen and oxygen atoms in total. The summed E-state index contributed by atoms with van der Waals surface area (Å²) in [5.74, 6) is 0. The predicted octanol–water partition coefficient (Wildman–Crippen LogP) is 1.78. The van der Waals surface area contributed by atoms with Crippen molar-refractivity contribution in [1.29, 1.82) is 0 Å². The molecule has 1 saturated heterocycles. The standard InChI is InChI=1S/C13H18N2O2S/c16-18(17,14-9-4-1-5-10-14)15-11-8-12-6-2-3-7-13(12)15/h2-3,6-7H,1,4-5,8-11H2. The van der Waals surface area contributed by atoms with E-state index in [1.807, 2.05) is 24.3 Å². The normalized spacial score (nSPS) is 21.0. The highest BCUT2D eigenvalue weighted by Crippen LogP contribution is 2.31. The zero-order valence-electron chi connectivity index (χ0n) is 10.4. The SMILES string of the molecule is O=S(=O)(N1CCCCC1)N1CCc2ccccc21. The summed E-state index contributed by atoms with van der Waals surface area (Å²) >= 11 is 0. The molecule has 0 amide bonds. The first kappa shape index (κ1) is 12.0. The molecule has 1 aromatic rings. The smallest absolute Gasteiger partial charge is 0.257 e. The summed E-state index contributed by atoms with van der Waals surface area (Å²) in [6.45, 7) is 1.92. The summed E-state index contributed by atoms with van der Waals surface area (Å²) in [7, 11) is -3.31. The first-order valence-electron chi connectivity index (χ1n) is 6.55. The minimum Gasteiger partial charge on any atom is -0.257 e. The van der Waals surface area contributed by atoms with Crippen LogP contribution in [0.2, 0.25) is 0 Å². The molecule has 0 aromatic heterocycles. The van der Waals surface area contributed by atoms with E-state index in [1.165, 1.54) is 0 Å². The topological polar surface area (TPSA) is 40.6 Å². The van der Waals surface area contributed by atoms with Gasteiger partial charge >= 0.3 is 10.2 Å². The van der Waals surface area contributed by atoms with Crippen LogP contribution in [0.1, 0.15) is 24.8 Å². The van der Waals surface area contributed by atoms with Gasteiger partial charge in [0.2, 0.25) is 0 Å². The van der Waals surface area contributed by atoms with Crippen LogP contribution < -0.4 is 4.31 Å². The Morgan fingerprint density at radius 1 is 0.944 bits per heavy atom. The third kappa shape index (κ3) is 1.91. The summed E-state index contributed by atoms with van der Waals surface area (Å²) in [5, 5.41) is 0. The van der Waals surface area contributed by atoms with Crippen LogP contribution in [0.5, 0.6) is 0 Å². The Labute approximate surface area is 108 Å². The predicted molar refractivity (Wildman–Crippen MR) is 71.8 cm³/mol. The van der Waals surface area contributed by atoms with E-state index in [9.17, 15) is 8.42 Å². The molecular formula is C13H18N2O2S. The molecule has 0 atom stereocenters. The number of nitrogens with zero attached hydrogens (tertiary/aromatic N) is 2. The fraction of sp³-hybridized carbons (Fsp3) is 0.538. The van der Waals surface area contributed by atoms with Crippen LogP contribution >= 0.6 is 0 Å². The average molecular weight is 266 g/mol. The highest BCUT2D eigenvalue weighted by Gasteiger charge is 2.34. The maximum atomic E-state index is 12.6.